The molecule has 0 aromatic carbocycles. The van der Waals surface area contributed by atoms with E-state index in [1.54, 1.807) is 0 Å². The maximum absolute atomic E-state index is 13.4. The van der Waals surface area contributed by atoms with Gasteiger partial charge in [0, 0.05) is 6.07 Å². The van der Waals surface area contributed by atoms with Gasteiger partial charge in [0.2, 0.25) is 0 Å². The summed E-state index contributed by atoms with van der Waals surface area (Å²) in [4.78, 5) is 3.60. The van der Waals surface area contributed by atoms with E-state index in [4.69, 9.17) is 10.5 Å². The van der Waals surface area contributed by atoms with Gasteiger partial charge in [-0.3, -0.25) is 0 Å². The number of nitrogens with zero attached hydrogens (tertiary/aromatic N) is 1. The van der Waals surface area contributed by atoms with Crippen LogP contribution in [0.25, 0.3) is 0 Å². The summed E-state index contributed by atoms with van der Waals surface area (Å²) in [5, 5.41) is 0. The smallest absolute Gasteiger partial charge is 0.252 e. The second-order valence-electron chi connectivity index (χ2n) is 4.37. The summed E-state index contributed by atoms with van der Waals surface area (Å²) < 4.78 is 31.8. The Hall–Kier alpha value is -1.39. The van der Waals surface area contributed by atoms with Crippen molar-refractivity contribution < 1.29 is 13.5 Å². The van der Waals surface area contributed by atoms with Gasteiger partial charge >= 0.3 is 0 Å². The van der Waals surface area contributed by atoms with Gasteiger partial charge in [0.15, 0.2) is 17.5 Å². The lowest BCUT2D eigenvalue weighted by atomic mass is 10.1. The zero-order valence-corrected chi connectivity index (χ0v) is 9.59. The van der Waals surface area contributed by atoms with Gasteiger partial charge in [0.1, 0.15) is 6.10 Å². The quantitative estimate of drug-likeness (QED) is 0.811. The number of rotatable bonds is 2. The molecule has 1 aliphatic carbocycles. The van der Waals surface area contributed by atoms with E-state index in [0.717, 1.165) is 25.7 Å². The zero-order chi connectivity index (χ0) is 12.3. The van der Waals surface area contributed by atoms with Crippen molar-refractivity contribution in [2.75, 3.05) is 5.73 Å². The number of pyridine rings is 1. The number of nitrogens with two attached hydrogens (primary N) is 1. The third-order valence-electron chi connectivity index (χ3n) is 3.00. The maximum Gasteiger partial charge on any atom is 0.252 e. The molecule has 0 unspecified atom stereocenters. The van der Waals surface area contributed by atoms with Crippen LogP contribution in [0.15, 0.2) is 6.07 Å². The first kappa shape index (κ1) is 12.1. The Balaban J connectivity index is 2.09. The molecule has 0 bridgehead atoms. The summed E-state index contributed by atoms with van der Waals surface area (Å²) in [5.74, 6) is -2.15. The van der Waals surface area contributed by atoms with Gasteiger partial charge in [-0.1, -0.05) is 12.8 Å². The van der Waals surface area contributed by atoms with Gasteiger partial charge in [-0.2, -0.15) is 4.98 Å². The predicted octanol–water partition coefficient (Wildman–Crippen LogP) is 3.04. The number of halogens is 2. The first-order valence-corrected chi connectivity index (χ1v) is 5.95. The lowest BCUT2D eigenvalue weighted by molar-refractivity contribution is 0.167. The largest absolute Gasteiger partial charge is 0.472 e. The minimum absolute atomic E-state index is 0.0376. The summed E-state index contributed by atoms with van der Waals surface area (Å²) >= 11 is 0. The van der Waals surface area contributed by atoms with E-state index in [0.29, 0.717) is 6.07 Å². The Morgan fingerprint density at radius 3 is 2.41 bits per heavy atom. The Kier molecular flexibility index (Phi) is 3.76. The van der Waals surface area contributed by atoms with E-state index in [9.17, 15) is 8.78 Å². The van der Waals surface area contributed by atoms with Gasteiger partial charge in [-0.05, 0) is 25.7 Å². The van der Waals surface area contributed by atoms with Gasteiger partial charge in [0.25, 0.3) is 5.88 Å². The molecule has 2 N–H and O–H groups in total. The Morgan fingerprint density at radius 2 is 1.76 bits per heavy atom. The second kappa shape index (κ2) is 5.29. The van der Waals surface area contributed by atoms with E-state index in [1.807, 2.05) is 0 Å². The first-order valence-electron chi connectivity index (χ1n) is 5.95. The minimum atomic E-state index is -0.851. The third-order valence-corrected chi connectivity index (χ3v) is 3.00. The van der Waals surface area contributed by atoms with Crippen molar-refractivity contribution >= 4 is 5.82 Å². The highest BCUT2D eigenvalue weighted by Gasteiger charge is 2.18. The number of hydrogen-bond donors (Lipinski definition) is 1. The van der Waals surface area contributed by atoms with E-state index in [1.165, 1.54) is 12.8 Å². The minimum Gasteiger partial charge on any atom is -0.472 e. The van der Waals surface area contributed by atoms with Crippen LogP contribution in [0.4, 0.5) is 14.6 Å². The molecule has 0 radical (unpaired) electrons. The van der Waals surface area contributed by atoms with Crippen molar-refractivity contribution in [1.82, 2.24) is 4.98 Å². The lowest BCUT2D eigenvalue weighted by Crippen LogP contribution is -2.17. The molecular weight excluding hydrogens is 226 g/mol. The maximum atomic E-state index is 13.4. The van der Waals surface area contributed by atoms with Crippen LogP contribution in [0, 0.1) is 11.6 Å². The van der Waals surface area contributed by atoms with Crippen molar-refractivity contribution in [3.63, 3.8) is 0 Å². The molecule has 1 aromatic rings. The Morgan fingerprint density at radius 1 is 1.12 bits per heavy atom. The molecule has 1 aromatic heterocycles. The zero-order valence-electron chi connectivity index (χ0n) is 9.59. The summed E-state index contributed by atoms with van der Waals surface area (Å²) in [5.41, 5.74) is 5.29. The molecule has 1 fully saturated rings. The molecule has 0 atom stereocenters. The molecular formula is C12H16F2N2O. The van der Waals surface area contributed by atoms with Gasteiger partial charge in [-0.15, -0.1) is 0 Å². The number of ether oxygens (including phenoxy) is 1. The molecule has 0 aliphatic heterocycles. The summed E-state index contributed by atoms with van der Waals surface area (Å²) in [6.45, 7) is 0. The molecule has 0 amide bonds. The average Bonchev–Trinajstić information content (AvgIpc) is 2.54. The summed E-state index contributed by atoms with van der Waals surface area (Å²) in [6, 6.07) is 0.717. The summed E-state index contributed by atoms with van der Waals surface area (Å²) in [7, 11) is 0. The molecule has 0 spiro atoms. The highest BCUT2D eigenvalue weighted by Crippen LogP contribution is 2.25. The van der Waals surface area contributed by atoms with Gasteiger partial charge in [0.05, 0.1) is 0 Å². The highest BCUT2D eigenvalue weighted by atomic mass is 19.1. The SMILES string of the molecule is Nc1nc(OC2CCCCCC2)c(F)cc1F. The van der Waals surface area contributed by atoms with Crippen molar-refractivity contribution in [2.24, 2.45) is 0 Å². The van der Waals surface area contributed by atoms with Crippen LogP contribution >= 0.6 is 0 Å². The fraction of sp³-hybridized carbons (Fsp3) is 0.583. The molecule has 2 rings (SSSR count). The molecule has 1 saturated carbocycles. The molecule has 1 heterocycles. The molecule has 0 saturated heterocycles. The lowest BCUT2D eigenvalue weighted by Gasteiger charge is -2.16. The fourth-order valence-corrected chi connectivity index (χ4v) is 2.06. The van der Waals surface area contributed by atoms with Crippen LogP contribution in [0.5, 0.6) is 5.88 Å². The van der Waals surface area contributed by atoms with E-state index < -0.39 is 11.6 Å². The van der Waals surface area contributed by atoms with Crippen LogP contribution in [0.3, 0.4) is 0 Å². The normalized spacial score (nSPS) is 17.8. The highest BCUT2D eigenvalue weighted by molar-refractivity contribution is 5.34. The number of aromatic nitrogens is 1. The Bertz CT molecular complexity index is 390. The van der Waals surface area contributed by atoms with Gasteiger partial charge < -0.3 is 10.5 Å². The molecule has 17 heavy (non-hydrogen) atoms. The van der Waals surface area contributed by atoms with E-state index in [2.05, 4.69) is 4.98 Å². The van der Waals surface area contributed by atoms with Crippen LogP contribution in [0.1, 0.15) is 38.5 Å². The topological polar surface area (TPSA) is 48.1 Å². The van der Waals surface area contributed by atoms with Crippen molar-refractivity contribution in [3.8, 4) is 5.88 Å². The standard InChI is InChI=1S/C12H16F2N2O/c13-9-7-10(14)12(16-11(9)15)17-8-5-3-1-2-4-6-8/h7-8H,1-6H2,(H2,15,16). The molecule has 94 valence electrons. The van der Waals surface area contributed by atoms with Gasteiger partial charge in [-0.25, -0.2) is 8.78 Å². The van der Waals surface area contributed by atoms with E-state index >= 15 is 0 Å². The average molecular weight is 242 g/mol. The van der Waals surface area contributed by atoms with Crippen LogP contribution in [-0.4, -0.2) is 11.1 Å². The monoisotopic (exact) mass is 242 g/mol. The second-order valence-corrected chi connectivity index (χ2v) is 4.37. The molecule has 5 heteroatoms. The number of nitrogen functional groups attached to an aromatic ring is 1. The molecule has 1 aliphatic rings. The number of hydrogen-bond acceptors (Lipinski definition) is 3. The van der Waals surface area contributed by atoms with Crippen molar-refractivity contribution in [2.45, 2.75) is 44.6 Å². The number of anilines is 1. The van der Waals surface area contributed by atoms with Crippen LogP contribution in [0.2, 0.25) is 0 Å². The van der Waals surface area contributed by atoms with Crippen LogP contribution < -0.4 is 10.5 Å². The fourth-order valence-electron chi connectivity index (χ4n) is 2.06. The van der Waals surface area contributed by atoms with Crippen LogP contribution in [-0.2, 0) is 0 Å². The van der Waals surface area contributed by atoms with E-state index in [-0.39, 0.29) is 17.8 Å². The van der Waals surface area contributed by atoms with Crippen molar-refractivity contribution in [1.29, 1.82) is 0 Å². The molecule has 3 nitrogen and oxygen atoms in total. The first-order chi connectivity index (χ1) is 8.16. The summed E-state index contributed by atoms with van der Waals surface area (Å²) in [6.07, 6.45) is 6.25. The third kappa shape index (κ3) is 3.05. The van der Waals surface area contributed by atoms with Crippen molar-refractivity contribution in [3.05, 3.63) is 17.7 Å². The predicted molar refractivity (Wildman–Crippen MR) is 60.7 cm³/mol. The Labute approximate surface area is 99.0 Å².